The first kappa shape index (κ1) is 28.2. The lowest BCUT2D eigenvalue weighted by Gasteiger charge is -2.42. The molecule has 1 saturated carbocycles. The van der Waals surface area contributed by atoms with E-state index in [1.165, 1.54) is 18.2 Å². The average Bonchev–Trinajstić information content (AvgIpc) is 3.48. The lowest BCUT2D eigenvalue weighted by molar-refractivity contribution is -0.0761. The Kier molecular flexibility index (Phi) is 7.89. The maximum absolute atomic E-state index is 15.1. The molecule has 1 N–H and O–H groups in total. The summed E-state index contributed by atoms with van der Waals surface area (Å²) in [4.78, 5) is 18.4. The van der Waals surface area contributed by atoms with Crippen LogP contribution >= 0.6 is 27.7 Å². The molecule has 1 aliphatic carbocycles. The summed E-state index contributed by atoms with van der Waals surface area (Å²) < 4.78 is 35.9. The summed E-state index contributed by atoms with van der Waals surface area (Å²) in [6.45, 7) is 11.6. The molecule has 1 aromatic rings. The molecular weight excluding hydrogens is 554 g/mol. The zero-order valence-electron chi connectivity index (χ0n) is 21.0. The fourth-order valence-corrected chi connectivity index (χ4v) is 6.93. The van der Waals surface area contributed by atoms with Crippen molar-refractivity contribution < 1.29 is 23.4 Å². The summed E-state index contributed by atoms with van der Waals surface area (Å²) in [5, 5.41) is 10.4. The highest BCUT2D eigenvalue weighted by Gasteiger charge is 2.69. The molecule has 1 amide bonds. The van der Waals surface area contributed by atoms with Gasteiger partial charge in [0, 0.05) is 36.0 Å². The molecule has 1 unspecified atom stereocenters. The maximum atomic E-state index is 15.1. The van der Waals surface area contributed by atoms with E-state index in [2.05, 4.69) is 46.5 Å². The van der Waals surface area contributed by atoms with Gasteiger partial charge in [-0.2, -0.15) is 0 Å². The van der Waals surface area contributed by atoms with Gasteiger partial charge in [0.15, 0.2) is 5.17 Å². The number of nitrogens with zero attached hydrogens (tertiary/aromatic N) is 2. The van der Waals surface area contributed by atoms with Gasteiger partial charge in [-0.3, -0.25) is 0 Å². The Morgan fingerprint density at radius 1 is 1.46 bits per heavy atom. The number of fused-ring (bicyclic) bond motifs is 1. The second kappa shape index (κ2) is 9.80. The quantitative estimate of drug-likeness (QED) is 0.213. The third-order valence-corrected chi connectivity index (χ3v) is 10.0. The monoisotopic (exact) mass is 586 g/mol. The van der Waals surface area contributed by atoms with Crippen molar-refractivity contribution in [2.45, 2.75) is 69.4 Å². The second-order valence-corrected chi connectivity index (χ2v) is 19.4. The normalized spacial score (nSPS) is 26.9. The third-order valence-electron chi connectivity index (χ3n) is 6.41. The molecule has 35 heavy (non-hydrogen) atoms. The summed E-state index contributed by atoms with van der Waals surface area (Å²) >= 11 is 4.47. The molecule has 1 aromatic carbocycles. The van der Waals surface area contributed by atoms with Crippen LogP contribution in [0.5, 0.6) is 0 Å². The zero-order valence-corrected chi connectivity index (χ0v) is 24.4. The first-order chi connectivity index (χ1) is 16.1. The summed E-state index contributed by atoms with van der Waals surface area (Å²) in [5.74, 6) is 1.67. The molecule has 10 heteroatoms. The average molecular weight is 588 g/mol. The van der Waals surface area contributed by atoms with Crippen LogP contribution in [0.4, 0.5) is 13.6 Å². The van der Waals surface area contributed by atoms with Crippen LogP contribution in [0.3, 0.4) is 0 Å². The fraction of sp³-hybridized carbons (Fsp3) is 0.600. The molecule has 0 spiro atoms. The highest BCUT2D eigenvalue weighted by Crippen LogP contribution is 2.66. The molecule has 0 radical (unpaired) electrons. The van der Waals surface area contributed by atoms with Crippen molar-refractivity contribution in [3.8, 4) is 12.3 Å². The largest absolute Gasteiger partial charge is 0.465 e. The number of hydrogen-bond acceptors (Lipinski definition) is 4. The van der Waals surface area contributed by atoms with Gasteiger partial charge in [-0.15, -0.1) is 6.42 Å². The van der Waals surface area contributed by atoms with E-state index >= 15 is 4.39 Å². The van der Waals surface area contributed by atoms with Gasteiger partial charge in [0.1, 0.15) is 24.3 Å². The molecule has 1 fully saturated rings. The minimum atomic E-state index is -1.63. The summed E-state index contributed by atoms with van der Waals surface area (Å²) in [5.41, 5.74) is -2.19. The van der Waals surface area contributed by atoms with Crippen molar-refractivity contribution in [1.29, 1.82) is 0 Å². The van der Waals surface area contributed by atoms with Crippen LogP contribution in [0.15, 0.2) is 27.7 Å². The first-order valence-electron chi connectivity index (χ1n) is 11.5. The van der Waals surface area contributed by atoms with Gasteiger partial charge in [0.05, 0.1) is 4.75 Å². The zero-order chi connectivity index (χ0) is 26.4. The number of terminal acetylenes is 1. The standard InChI is InChI=1S/C25H33BrF2N2O3SSi/c1-8-24-14-19(24)25(15-27,17-13-16(26)9-10-18(17)28)29-21(34-24)30(22(31)32)20(23(2,3)4)33-11-12-35(5,6)7/h1,9-10,13,19-20H,11-12,14-15H2,2-7H3,(H,31,32)/t19-,20?,24+,25-/m1/s1. The van der Waals surface area contributed by atoms with Gasteiger partial charge >= 0.3 is 6.09 Å². The Morgan fingerprint density at radius 2 is 2.11 bits per heavy atom. The first-order valence-corrected chi connectivity index (χ1v) is 16.8. The predicted octanol–water partition coefficient (Wildman–Crippen LogP) is 6.95. The minimum absolute atomic E-state index is 0.0363. The smallest absolute Gasteiger partial charge is 0.415 e. The van der Waals surface area contributed by atoms with Gasteiger partial charge in [0.25, 0.3) is 0 Å². The van der Waals surface area contributed by atoms with Crippen LogP contribution < -0.4 is 0 Å². The molecule has 192 valence electrons. The number of benzene rings is 1. The second-order valence-electron chi connectivity index (χ2n) is 11.5. The van der Waals surface area contributed by atoms with E-state index in [1.807, 2.05) is 20.8 Å². The van der Waals surface area contributed by atoms with Gasteiger partial charge < -0.3 is 9.84 Å². The van der Waals surface area contributed by atoms with E-state index < -0.39 is 54.5 Å². The van der Waals surface area contributed by atoms with E-state index in [-0.39, 0.29) is 10.7 Å². The van der Waals surface area contributed by atoms with Gasteiger partial charge in [-0.05, 0) is 30.7 Å². The number of aliphatic imine (C=N–C) groups is 1. The molecule has 1 aliphatic heterocycles. The Hall–Kier alpha value is -1.41. The van der Waals surface area contributed by atoms with Crippen molar-refractivity contribution in [2.24, 2.45) is 16.3 Å². The van der Waals surface area contributed by atoms with Crippen LogP contribution in [0.1, 0.15) is 32.8 Å². The van der Waals surface area contributed by atoms with Crippen molar-refractivity contribution in [1.82, 2.24) is 4.90 Å². The van der Waals surface area contributed by atoms with Crippen molar-refractivity contribution in [3.63, 3.8) is 0 Å². The SMILES string of the molecule is C#C[C@]12C[C@H]1[C@@](CF)(c1cc(Br)ccc1F)N=C(N(C(=O)O)C(OCC[Si](C)(C)C)C(C)(C)C)S2. The van der Waals surface area contributed by atoms with Crippen LogP contribution in [-0.4, -0.2) is 53.6 Å². The number of halogens is 3. The van der Waals surface area contributed by atoms with E-state index in [4.69, 9.17) is 11.2 Å². The molecule has 0 bridgehead atoms. The summed E-state index contributed by atoms with van der Waals surface area (Å²) in [7, 11) is -1.44. The number of amides is 1. The van der Waals surface area contributed by atoms with Crippen LogP contribution in [0, 0.1) is 29.5 Å². The lowest BCUT2D eigenvalue weighted by Crippen LogP contribution is -2.53. The maximum Gasteiger partial charge on any atom is 0.415 e. The number of thioether (sulfide) groups is 1. The Balaban J connectivity index is 2.14. The predicted molar refractivity (Wildman–Crippen MR) is 144 cm³/mol. The fourth-order valence-electron chi connectivity index (χ4n) is 4.38. The van der Waals surface area contributed by atoms with Crippen molar-refractivity contribution in [2.75, 3.05) is 13.3 Å². The third kappa shape index (κ3) is 5.63. The molecule has 3 rings (SSSR count). The summed E-state index contributed by atoms with van der Waals surface area (Å²) in [6.07, 6.45) is 4.12. The number of alkyl halides is 1. The summed E-state index contributed by atoms with van der Waals surface area (Å²) in [6, 6.07) is 5.13. The number of carbonyl (C=O) groups is 1. The Bertz CT molecular complexity index is 1070. The van der Waals surface area contributed by atoms with E-state index in [0.717, 1.165) is 22.7 Å². The molecule has 4 atom stereocenters. The molecular formula is C25H33BrF2N2O3SSi. The van der Waals surface area contributed by atoms with Crippen molar-refractivity contribution >= 4 is 47.0 Å². The van der Waals surface area contributed by atoms with E-state index in [9.17, 15) is 14.3 Å². The lowest BCUT2D eigenvalue weighted by atomic mass is 9.85. The van der Waals surface area contributed by atoms with Crippen LogP contribution in [-0.2, 0) is 10.3 Å². The van der Waals surface area contributed by atoms with Crippen LogP contribution in [0.25, 0.3) is 0 Å². The van der Waals surface area contributed by atoms with Crippen LogP contribution in [0.2, 0.25) is 25.7 Å². The van der Waals surface area contributed by atoms with Crippen molar-refractivity contribution in [3.05, 3.63) is 34.1 Å². The number of hydrogen-bond donors (Lipinski definition) is 1. The minimum Gasteiger partial charge on any atom is -0.465 e. The van der Waals surface area contributed by atoms with Gasteiger partial charge in [-0.1, -0.05) is 74.0 Å². The molecule has 2 aliphatic rings. The molecule has 1 heterocycles. The van der Waals surface area contributed by atoms with Gasteiger partial charge in [0.2, 0.25) is 0 Å². The number of amidine groups is 1. The van der Waals surface area contributed by atoms with E-state index in [1.54, 1.807) is 0 Å². The number of rotatable bonds is 7. The number of ether oxygens (including phenoxy) is 1. The Morgan fingerprint density at radius 3 is 2.63 bits per heavy atom. The number of carboxylic acid groups (broad SMARTS) is 1. The van der Waals surface area contributed by atoms with E-state index in [0.29, 0.717) is 17.5 Å². The molecule has 0 saturated heterocycles. The highest BCUT2D eigenvalue weighted by atomic mass is 79.9. The highest BCUT2D eigenvalue weighted by molar-refractivity contribution is 9.10. The topological polar surface area (TPSA) is 62.1 Å². The van der Waals surface area contributed by atoms with Gasteiger partial charge in [-0.25, -0.2) is 23.5 Å². The molecule has 5 nitrogen and oxygen atoms in total. The molecule has 0 aromatic heterocycles. The Labute approximate surface area is 220 Å².